The highest BCUT2D eigenvalue weighted by molar-refractivity contribution is 5.87. The lowest BCUT2D eigenvalue weighted by molar-refractivity contribution is 1.47. The third-order valence-electron chi connectivity index (χ3n) is 3.35. The summed E-state index contributed by atoms with van der Waals surface area (Å²) in [5.74, 6) is 0. The van der Waals surface area contributed by atoms with Gasteiger partial charge < -0.3 is 0 Å². The van der Waals surface area contributed by atoms with Crippen molar-refractivity contribution in [3.05, 3.63) is 71.8 Å². The van der Waals surface area contributed by atoms with Gasteiger partial charge in [0.25, 0.3) is 0 Å². The Kier molecular flexibility index (Phi) is 2.64. The highest BCUT2D eigenvalue weighted by Gasteiger charge is 2.00. The number of hydrogen-bond donors (Lipinski definition) is 0. The van der Waals surface area contributed by atoms with E-state index in [4.69, 9.17) is 0 Å². The molecule has 0 radical (unpaired) electrons. The van der Waals surface area contributed by atoms with Crippen LogP contribution in [-0.2, 0) is 0 Å². The average Bonchev–Trinajstić information content (AvgIpc) is 2.38. The van der Waals surface area contributed by atoms with Crippen molar-refractivity contribution in [2.45, 2.75) is 13.8 Å². The van der Waals surface area contributed by atoms with Crippen molar-refractivity contribution in [3.63, 3.8) is 0 Å². The Morgan fingerprint density at radius 1 is 0.556 bits per heavy atom. The summed E-state index contributed by atoms with van der Waals surface area (Å²) in [6.45, 7) is 4.27. The van der Waals surface area contributed by atoms with Crippen molar-refractivity contribution in [2.24, 2.45) is 0 Å². The second-order valence-electron chi connectivity index (χ2n) is 4.93. The van der Waals surface area contributed by atoms with Crippen molar-refractivity contribution >= 4 is 10.8 Å². The van der Waals surface area contributed by atoms with Crippen LogP contribution in [0.2, 0.25) is 0 Å². The van der Waals surface area contributed by atoms with Crippen LogP contribution in [0.25, 0.3) is 21.9 Å². The molecule has 0 nitrogen and oxygen atoms in total. The number of aryl methyl sites for hydroxylation is 2. The van der Waals surface area contributed by atoms with E-state index in [0.29, 0.717) is 0 Å². The monoisotopic (exact) mass is 232 g/mol. The van der Waals surface area contributed by atoms with Gasteiger partial charge in [-0.05, 0) is 41.8 Å². The Morgan fingerprint density at radius 2 is 1.22 bits per heavy atom. The Balaban J connectivity index is 2.16. The first-order chi connectivity index (χ1) is 8.72. The van der Waals surface area contributed by atoms with Crippen LogP contribution >= 0.6 is 0 Å². The molecule has 0 N–H and O–H groups in total. The first kappa shape index (κ1) is 11.0. The predicted octanol–water partition coefficient (Wildman–Crippen LogP) is 5.12. The molecule has 0 aliphatic heterocycles. The smallest absolute Gasteiger partial charge is 0.0178 e. The molecule has 3 rings (SSSR count). The predicted molar refractivity (Wildman–Crippen MR) is 78.9 cm³/mol. The molecule has 0 amide bonds. The Hall–Kier alpha value is -2.08. The second-order valence-corrected chi connectivity index (χ2v) is 4.93. The third-order valence-corrected chi connectivity index (χ3v) is 3.35. The summed E-state index contributed by atoms with van der Waals surface area (Å²) >= 11 is 0. The van der Waals surface area contributed by atoms with E-state index in [0.717, 1.165) is 0 Å². The zero-order chi connectivity index (χ0) is 12.5. The van der Waals surface area contributed by atoms with Crippen LogP contribution in [0, 0.1) is 13.8 Å². The van der Waals surface area contributed by atoms with E-state index in [-0.39, 0.29) is 0 Å². The molecular formula is C18H16. The summed E-state index contributed by atoms with van der Waals surface area (Å²) in [4.78, 5) is 0. The van der Waals surface area contributed by atoms with Crippen LogP contribution in [0.3, 0.4) is 0 Å². The molecule has 3 aromatic rings. The number of fused-ring (bicyclic) bond motifs is 1. The van der Waals surface area contributed by atoms with Crippen LogP contribution in [0.1, 0.15) is 11.1 Å². The minimum atomic E-state index is 1.29. The SMILES string of the molecule is Cc1cccc(-c2ccc3cc(C)ccc3c2)c1. The number of rotatable bonds is 1. The molecule has 0 heteroatoms. The Labute approximate surface area is 108 Å². The van der Waals surface area contributed by atoms with Gasteiger partial charge in [0.2, 0.25) is 0 Å². The Morgan fingerprint density at radius 3 is 2.06 bits per heavy atom. The normalized spacial score (nSPS) is 10.8. The van der Waals surface area contributed by atoms with Crippen LogP contribution in [0.5, 0.6) is 0 Å². The van der Waals surface area contributed by atoms with Crippen LogP contribution in [-0.4, -0.2) is 0 Å². The Bertz CT molecular complexity index is 708. The zero-order valence-electron chi connectivity index (χ0n) is 10.8. The molecule has 0 heterocycles. The van der Waals surface area contributed by atoms with Gasteiger partial charge in [0.15, 0.2) is 0 Å². The van der Waals surface area contributed by atoms with Gasteiger partial charge in [-0.15, -0.1) is 0 Å². The lowest BCUT2D eigenvalue weighted by Gasteiger charge is -2.06. The molecule has 0 aromatic heterocycles. The van der Waals surface area contributed by atoms with E-state index in [2.05, 4.69) is 74.5 Å². The van der Waals surface area contributed by atoms with Crippen molar-refractivity contribution in [2.75, 3.05) is 0 Å². The number of hydrogen-bond acceptors (Lipinski definition) is 0. The van der Waals surface area contributed by atoms with Gasteiger partial charge in [-0.3, -0.25) is 0 Å². The first-order valence-corrected chi connectivity index (χ1v) is 6.30. The average molecular weight is 232 g/mol. The van der Waals surface area contributed by atoms with Crippen molar-refractivity contribution in [1.82, 2.24) is 0 Å². The molecule has 0 saturated heterocycles. The summed E-state index contributed by atoms with van der Waals surface area (Å²) in [5, 5.41) is 2.62. The van der Waals surface area contributed by atoms with Gasteiger partial charge in [0, 0.05) is 0 Å². The molecule has 0 aliphatic carbocycles. The van der Waals surface area contributed by atoms with Gasteiger partial charge in [-0.25, -0.2) is 0 Å². The summed E-state index contributed by atoms with van der Waals surface area (Å²) in [7, 11) is 0. The summed E-state index contributed by atoms with van der Waals surface area (Å²) in [6.07, 6.45) is 0. The van der Waals surface area contributed by atoms with E-state index < -0.39 is 0 Å². The maximum absolute atomic E-state index is 2.27. The third kappa shape index (κ3) is 2.02. The molecule has 0 bridgehead atoms. The van der Waals surface area contributed by atoms with Gasteiger partial charge in [0.05, 0.1) is 0 Å². The topological polar surface area (TPSA) is 0 Å². The van der Waals surface area contributed by atoms with Gasteiger partial charge in [-0.2, -0.15) is 0 Å². The highest BCUT2D eigenvalue weighted by Crippen LogP contribution is 2.25. The van der Waals surface area contributed by atoms with E-state index in [9.17, 15) is 0 Å². The fourth-order valence-corrected chi connectivity index (χ4v) is 2.37. The molecule has 18 heavy (non-hydrogen) atoms. The first-order valence-electron chi connectivity index (χ1n) is 6.30. The molecule has 0 fully saturated rings. The molecule has 0 saturated carbocycles. The molecule has 0 spiro atoms. The standard InChI is InChI=1S/C18H16/c1-13-4-3-5-15(10-13)18-9-8-16-11-14(2)6-7-17(16)12-18/h3-12H,1-2H3. The molecule has 88 valence electrons. The fraction of sp³-hybridized carbons (Fsp3) is 0.111. The molecular weight excluding hydrogens is 216 g/mol. The quantitative estimate of drug-likeness (QED) is 0.546. The van der Waals surface area contributed by atoms with E-state index in [1.807, 2.05) is 0 Å². The molecule has 0 unspecified atom stereocenters. The van der Waals surface area contributed by atoms with E-state index >= 15 is 0 Å². The van der Waals surface area contributed by atoms with Crippen LogP contribution < -0.4 is 0 Å². The van der Waals surface area contributed by atoms with Crippen molar-refractivity contribution in [3.8, 4) is 11.1 Å². The summed E-state index contributed by atoms with van der Waals surface area (Å²) in [5.41, 5.74) is 5.19. The minimum Gasteiger partial charge on any atom is -0.0614 e. The lowest BCUT2D eigenvalue weighted by Crippen LogP contribution is -1.81. The maximum Gasteiger partial charge on any atom is -0.0178 e. The van der Waals surface area contributed by atoms with Crippen LogP contribution in [0.4, 0.5) is 0 Å². The minimum absolute atomic E-state index is 1.29. The van der Waals surface area contributed by atoms with Gasteiger partial charge in [0.1, 0.15) is 0 Å². The zero-order valence-corrected chi connectivity index (χ0v) is 10.8. The van der Waals surface area contributed by atoms with Crippen molar-refractivity contribution in [1.29, 1.82) is 0 Å². The van der Waals surface area contributed by atoms with Crippen LogP contribution in [0.15, 0.2) is 60.7 Å². The highest BCUT2D eigenvalue weighted by atomic mass is 14.0. The number of benzene rings is 3. The van der Waals surface area contributed by atoms with E-state index in [1.54, 1.807) is 0 Å². The largest absolute Gasteiger partial charge is 0.0614 e. The van der Waals surface area contributed by atoms with Crippen molar-refractivity contribution < 1.29 is 0 Å². The van der Waals surface area contributed by atoms with Gasteiger partial charge >= 0.3 is 0 Å². The van der Waals surface area contributed by atoms with Gasteiger partial charge in [-0.1, -0.05) is 65.7 Å². The summed E-state index contributed by atoms with van der Waals surface area (Å²) < 4.78 is 0. The lowest BCUT2D eigenvalue weighted by atomic mass is 9.99. The molecule has 3 aromatic carbocycles. The van der Waals surface area contributed by atoms with E-state index in [1.165, 1.54) is 33.0 Å². The summed E-state index contributed by atoms with van der Waals surface area (Å²) in [6, 6.07) is 21.9. The molecule has 0 aliphatic rings. The molecule has 0 atom stereocenters. The maximum atomic E-state index is 2.27. The fourth-order valence-electron chi connectivity index (χ4n) is 2.37. The second kappa shape index (κ2) is 4.30.